The molecule has 1 saturated carbocycles. The van der Waals surface area contributed by atoms with Crippen LogP contribution in [0.2, 0.25) is 5.02 Å². The molecular weight excluding hydrogens is 298 g/mol. The summed E-state index contributed by atoms with van der Waals surface area (Å²) in [7, 11) is 0. The average Bonchev–Trinajstić information content (AvgIpc) is 2.28. The third-order valence-electron chi connectivity index (χ3n) is 3.73. The normalized spacial score (nSPS) is 29.1. The molecule has 1 aliphatic carbocycles. The molecule has 0 amide bonds. The Morgan fingerprint density at radius 3 is 2.82 bits per heavy atom. The molecule has 1 aromatic carbocycles. The zero-order chi connectivity index (χ0) is 12.4. The Hall–Kier alpha value is -0.210. The molecule has 1 aromatic rings. The predicted octanol–water partition coefficient (Wildman–Crippen LogP) is 5.34. The molecule has 3 unspecified atom stereocenters. The number of hydrogen-bond donors (Lipinski definition) is 1. The van der Waals surface area contributed by atoms with Gasteiger partial charge in [0.1, 0.15) is 0 Å². The highest BCUT2D eigenvalue weighted by atomic mass is 79.9. The van der Waals surface area contributed by atoms with Gasteiger partial charge in [0, 0.05) is 10.5 Å². The second-order valence-electron chi connectivity index (χ2n) is 5.27. The summed E-state index contributed by atoms with van der Waals surface area (Å²) in [4.78, 5) is 0. The molecule has 94 valence electrons. The Balaban J connectivity index is 2.11. The summed E-state index contributed by atoms with van der Waals surface area (Å²) in [5.74, 6) is 1.54. The van der Waals surface area contributed by atoms with Gasteiger partial charge in [-0.2, -0.15) is 0 Å². The van der Waals surface area contributed by atoms with E-state index in [0.717, 1.165) is 27.0 Å². The van der Waals surface area contributed by atoms with Crippen molar-refractivity contribution in [2.45, 2.75) is 39.2 Å². The summed E-state index contributed by atoms with van der Waals surface area (Å²) in [6, 6.07) is 6.52. The van der Waals surface area contributed by atoms with Crippen LogP contribution in [0.25, 0.3) is 0 Å². The van der Waals surface area contributed by atoms with E-state index < -0.39 is 0 Å². The first-order valence-electron chi connectivity index (χ1n) is 6.28. The smallest absolute Gasteiger partial charge is 0.0638 e. The van der Waals surface area contributed by atoms with E-state index in [1.807, 2.05) is 12.1 Å². The standard InChI is InChI=1S/C14H19BrClN/c1-9-3-4-10(2)13(7-9)17-14-8-11(15)5-6-12(14)16/h5-6,8-10,13,17H,3-4,7H2,1-2H3. The minimum Gasteiger partial charge on any atom is -0.381 e. The van der Waals surface area contributed by atoms with Gasteiger partial charge in [0.05, 0.1) is 10.7 Å². The van der Waals surface area contributed by atoms with Crippen molar-refractivity contribution in [3.8, 4) is 0 Å². The third-order valence-corrected chi connectivity index (χ3v) is 4.55. The van der Waals surface area contributed by atoms with Crippen LogP contribution >= 0.6 is 27.5 Å². The number of rotatable bonds is 2. The number of benzene rings is 1. The molecule has 1 fully saturated rings. The van der Waals surface area contributed by atoms with E-state index in [2.05, 4.69) is 41.2 Å². The second-order valence-corrected chi connectivity index (χ2v) is 6.59. The predicted molar refractivity (Wildman–Crippen MR) is 78.7 cm³/mol. The van der Waals surface area contributed by atoms with Crippen LogP contribution in [0.4, 0.5) is 5.69 Å². The highest BCUT2D eigenvalue weighted by Crippen LogP contribution is 2.33. The number of hydrogen-bond acceptors (Lipinski definition) is 1. The Morgan fingerprint density at radius 2 is 2.06 bits per heavy atom. The van der Waals surface area contributed by atoms with Crippen LogP contribution in [-0.4, -0.2) is 6.04 Å². The van der Waals surface area contributed by atoms with Gasteiger partial charge in [-0.25, -0.2) is 0 Å². The van der Waals surface area contributed by atoms with Crippen molar-refractivity contribution < 1.29 is 0 Å². The first-order valence-corrected chi connectivity index (χ1v) is 7.45. The van der Waals surface area contributed by atoms with Gasteiger partial charge in [0.25, 0.3) is 0 Å². The van der Waals surface area contributed by atoms with Crippen LogP contribution in [0.15, 0.2) is 22.7 Å². The molecule has 3 atom stereocenters. The largest absolute Gasteiger partial charge is 0.381 e. The fraction of sp³-hybridized carbons (Fsp3) is 0.571. The quantitative estimate of drug-likeness (QED) is 0.776. The summed E-state index contributed by atoms with van der Waals surface area (Å²) in [6.45, 7) is 4.67. The van der Waals surface area contributed by atoms with E-state index in [9.17, 15) is 0 Å². The number of halogens is 2. The molecule has 0 aromatic heterocycles. The summed E-state index contributed by atoms with van der Waals surface area (Å²) in [5, 5.41) is 4.41. The van der Waals surface area contributed by atoms with Crippen molar-refractivity contribution in [2.75, 3.05) is 5.32 Å². The van der Waals surface area contributed by atoms with E-state index >= 15 is 0 Å². The minimum atomic E-state index is 0.547. The van der Waals surface area contributed by atoms with Gasteiger partial charge in [0.15, 0.2) is 0 Å². The minimum absolute atomic E-state index is 0.547. The molecule has 1 nitrogen and oxygen atoms in total. The van der Waals surface area contributed by atoms with Crippen LogP contribution in [-0.2, 0) is 0 Å². The van der Waals surface area contributed by atoms with Gasteiger partial charge in [-0.3, -0.25) is 0 Å². The molecule has 3 heteroatoms. The molecule has 0 bridgehead atoms. The maximum absolute atomic E-state index is 6.22. The van der Waals surface area contributed by atoms with Crippen LogP contribution in [0.1, 0.15) is 33.1 Å². The maximum atomic E-state index is 6.22. The van der Waals surface area contributed by atoms with Crippen molar-refractivity contribution in [3.63, 3.8) is 0 Å². The Labute approximate surface area is 117 Å². The van der Waals surface area contributed by atoms with E-state index in [4.69, 9.17) is 11.6 Å². The molecule has 0 saturated heterocycles. The lowest BCUT2D eigenvalue weighted by Crippen LogP contribution is -2.33. The zero-order valence-electron chi connectivity index (χ0n) is 10.3. The average molecular weight is 317 g/mol. The fourth-order valence-electron chi connectivity index (χ4n) is 2.54. The molecule has 2 rings (SSSR count). The van der Waals surface area contributed by atoms with Crippen molar-refractivity contribution in [2.24, 2.45) is 11.8 Å². The van der Waals surface area contributed by atoms with Crippen molar-refractivity contribution in [1.82, 2.24) is 0 Å². The van der Waals surface area contributed by atoms with E-state index in [-0.39, 0.29) is 0 Å². The van der Waals surface area contributed by atoms with Crippen molar-refractivity contribution >= 4 is 33.2 Å². The summed E-state index contributed by atoms with van der Waals surface area (Å²) in [5.41, 5.74) is 1.05. The molecule has 0 spiro atoms. The topological polar surface area (TPSA) is 12.0 Å². The van der Waals surface area contributed by atoms with Crippen LogP contribution in [0.3, 0.4) is 0 Å². The fourth-order valence-corrected chi connectivity index (χ4v) is 3.07. The molecular formula is C14H19BrClN. The van der Waals surface area contributed by atoms with Gasteiger partial charge < -0.3 is 5.32 Å². The Morgan fingerprint density at radius 1 is 1.29 bits per heavy atom. The van der Waals surface area contributed by atoms with Gasteiger partial charge >= 0.3 is 0 Å². The maximum Gasteiger partial charge on any atom is 0.0638 e. The number of anilines is 1. The summed E-state index contributed by atoms with van der Waals surface area (Å²) < 4.78 is 1.07. The first-order chi connectivity index (χ1) is 8.06. The second kappa shape index (κ2) is 5.62. The van der Waals surface area contributed by atoms with Crippen LogP contribution in [0.5, 0.6) is 0 Å². The monoisotopic (exact) mass is 315 g/mol. The summed E-state index contributed by atoms with van der Waals surface area (Å²) in [6.07, 6.45) is 3.90. The molecule has 1 aliphatic rings. The first kappa shape index (κ1) is 13.2. The lowest BCUT2D eigenvalue weighted by molar-refractivity contribution is 0.281. The van der Waals surface area contributed by atoms with E-state index in [1.165, 1.54) is 19.3 Å². The molecule has 17 heavy (non-hydrogen) atoms. The highest BCUT2D eigenvalue weighted by Gasteiger charge is 2.25. The van der Waals surface area contributed by atoms with E-state index in [1.54, 1.807) is 0 Å². The van der Waals surface area contributed by atoms with Gasteiger partial charge in [-0.15, -0.1) is 0 Å². The van der Waals surface area contributed by atoms with Crippen LogP contribution < -0.4 is 5.32 Å². The summed E-state index contributed by atoms with van der Waals surface area (Å²) >= 11 is 9.71. The Kier molecular flexibility index (Phi) is 4.37. The van der Waals surface area contributed by atoms with Crippen LogP contribution in [0, 0.1) is 11.8 Å². The van der Waals surface area contributed by atoms with E-state index in [0.29, 0.717) is 6.04 Å². The third kappa shape index (κ3) is 3.38. The molecule has 0 aliphatic heterocycles. The zero-order valence-corrected chi connectivity index (χ0v) is 12.7. The lowest BCUT2D eigenvalue weighted by atomic mass is 9.80. The SMILES string of the molecule is CC1CCC(C)C(Nc2cc(Br)ccc2Cl)C1. The molecule has 0 radical (unpaired) electrons. The van der Waals surface area contributed by atoms with Gasteiger partial charge in [0.2, 0.25) is 0 Å². The van der Waals surface area contributed by atoms with Crippen molar-refractivity contribution in [1.29, 1.82) is 0 Å². The molecule has 0 heterocycles. The number of nitrogens with one attached hydrogen (secondary N) is 1. The Bertz CT molecular complexity index is 394. The molecule has 1 N–H and O–H groups in total. The van der Waals surface area contributed by atoms with Gasteiger partial charge in [-0.05, 0) is 42.9 Å². The van der Waals surface area contributed by atoms with Gasteiger partial charge in [-0.1, -0.05) is 47.8 Å². The lowest BCUT2D eigenvalue weighted by Gasteiger charge is -2.34. The van der Waals surface area contributed by atoms with Crippen molar-refractivity contribution in [3.05, 3.63) is 27.7 Å². The highest BCUT2D eigenvalue weighted by molar-refractivity contribution is 9.10.